The third-order valence-electron chi connectivity index (χ3n) is 0.525. The summed E-state index contributed by atoms with van der Waals surface area (Å²) in [5.41, 5.74) is 0. The maximum Gasteiger partial charge on any atom is 0.228 e. The largest absolute Gasteiger partial charge is 0.228 e. The Balaban J connectivity index is 4.71. The van der Waals surface area contributed by atoms with Gasteiger partial charge in [-0.1, -0.05) is 0 Å². The molecular formula is C4Cl2F4. The van der Waals surface area contributed by atoms with Crippen molar-refractivity contribution in [2.24, 2.45) is 0 Å². The summed E-state index contributed by atoms with van der Waals surface area (Å²) in [6.07, 6.45) is 0. The molecule has 0 spiro atoms. The van der Waals surface area contributed by atoms with Crippen LogP contribution in [0.2, 0.25) is 0 Å². The topological polar surface area (TPSA) is 0 Å². The highest BCUT2D eigenvalue weighted by atomic mass is 35.5. The van der Waals surface area contributed by atoms with E-state index >= 15 is 0 Å². The third kappa shape index (κ3) is 2.58. The van der Waals surface area contributed by atoms with Crippen LogP contribution in [-0.2, 0) is 0 Å². The van der Waals surface area contributed by atoms with E-state index in [2.05, 4.69) is 23.2 Å². The van der Waals surface area contributed by atoms with Crippen molar-refractivity contribution in [1.82, 2.24) is 0 Å². The highest BCUT2D eigenvalue weighted by Gasteiger charge is 2.14. The van der Waals surface area contributed by atoms with Crippen molar-refractivity contribution in [2.75, 3.05) is 0 Å². The molecule has 0 aromatic rings. The molecule has 0 radical (unpaired) electrons. The average molecular weight is 195 g/mol. The van der Waals surface area contributed by atoms with E-state index in [9.17, 15) is 17.6 Å². The first-order chi connectivity index (χ1) is 4.46. The zero-order valence-electron chi connectivity index (χ0n) is 4.27. The van der Waals surface area contributed by atoms with Gasteiger partial charge in [0.1, 0.15) is 0 Å². The van der Waals surface area contributed by atoms with Crippen molar-refractivity contribution in [1.29, 1.82) is 0 Å². The number of allylic oxidation sites excluding steroid dienone is 2. The molecule has 10 heavy (non-hydrogen) atoms. The molecule has 0 aromatic heterocycles. The minimum absolute atomic E-state index is 1.98. The van der Waals surface area contributed by atoms with E-state index in [-0.39, 0.29) is 0 Å². The van der Waals surface area contributed by atoms with E-state index in [0.717, 1.165) is 0 Å². The molecule has 0 aliphatic heterocycles. The predicted octanol–water partition coefficient (Wildman–Crippen LogP) is 3.68. The van der Waals surface area contributed by atoms with Crippen LogP contribution in [0.3, 0.4) is 0 Å². The molecule has 0 saturated carbocycles. The van der Waals surface area contributed by atoms with Gasteiger partial charge in [0, 0.05) is 0 Å². The van der Waals surface area contributed by atoms with E-state index in [1.165, 1.54) is 0 Å². The SMILES string of the molecule is F/C(Cl)=C(F)\C(F)=C(/F)Cl. The Labute approximate surface area is 63.7 Å². The lowest BCUT2D eigenvalue weighted by Gasteiger charge is -1.89. The highest BCUT2D eigenvalue weighted by molar-refractivity contribution is 6.30. The molecule has 6 heteroatoms. The molecule has 0 amide bonds. The van der Waals surface area contributed by atoms with Crippen LogP contribution >= 0.6 is 23.2 Å². The zero-order chi connectivity index (χ0) is 8.31. The number of hydrogen-bond acceptors (Lipinski definition) is 0. The van der Waals surface area contributed by atoms with Crippen molar-refractivity contribution in [3.05, 3.63) is 22.2 Å². The molecule has 0 N–H and O–H groups in total. The lowest BCUT2D eigenvalue weighted by molar-refractivity contribution is 0.489. The lowest BCUT2D eigenvalue weighted by atomic mass is 10.5. The molecule has 0 aliphatic carbocycles. The van der Waals surface area contributed by atoms with Crippen LogP contribution in [0.1, 0.15) is 0 Å². The fourth-order valence-corrected chi connectivity index (χ4v) is 0.332. The van der Waals surface area contributed by atoms with Gasteiger partial charge in [-0.2, -0.15) is 17.6 Å². The summed E-state index contributed by atoms with van der Waals surface area (Å²) in [4.78, 5) is 0. The van der Waals surface area contributed by atoms with Crippen LogP contribution in [-0.4, -0.2) is 0 Å². The number of hydrogen-bond donors (Lipinski definition) is 0. The highest BCUT2D eigenvalue weighted by Crippen LogP contribution is 2.26. The number of rotatable bonds is 1. The molecule has 0 aromatic carbocycles. The molecule has 0 heterocycles. The van der Waals surface area contributed by atoms with Gasteiger partial charge in [0.15, 0.2) is 0 Å². The smallest absolute Gasteiger partial charge is 0.199 e. The Morgan fingerprint density at radius 2 is 0.900 bits per heavy atom. The summed E-state index contributed by atoms with van der Waals surface area (Å²) in [6, 6.07) is 0. The van der Waals surface area contributed by atoms with Crippen LogP contribution in [0.5, 0.6) is 0 Å². The fourth-order valence-electron chi connectivity index (χ4n) is 0.166. The maximum atomic E-state index is 11.8. The lowest BCUT2D eigenvalue weighted by Crippen LogP contribution is -1.77. The normalized spacial score (nSPS) is 16.2. The Morgan fingerprint density at radius 3 is 1.00 bits per heavy atom. The quantitative estimate of drug-likeness (QED) is 0.442. The first-order valence-corrected chi connectivity index (χ1v) is 2.64. The van der Waals surface area contributed by atoms with E-state index in [4.69, 9.17) is 0 Å². The summed E-state index contributed by atoms with van der Waals surface area (Å²) in [5, 5.41) is -3.96. The standard InChI is InChI=1S/C4Cl2F4/c5-3(9)1(7)2(8)4(6)10/b3-1+,4-2+. The molecule has 0 unspecified atom stereocenters. The van der Waals surface area contributed by atoms with Gasteiger partial charge in [-0.15, -0.1) is 0 Å². The Bertz CT molecular complexity index is 165. The van der Waals surface area contributed by atoms with Gasteiger partial charge in [-0.3, -0.25) is 0 Å². The average Bonchev–Trinajstić information content (AvgIpc) is 1.84. The zero-order valence-corrected chi connectivity index (χ0v) is 5.78. The van der Waals surface area contributed by atoms with E-state index in [0.29, 0.717) is 0 Å². The van der Waals surface area contributed by atoms with Crippen molar-refractivity contribution in [3.63, 3.8) is 0 Å². The summed E-state index contributed by atoms with van der Waals surface area (Å²) < 4.78 is 46.5. The first kappa shape index (κ1) is 9.78. The summed E-state index contributed by atoms with van der Waals surface area (Å²) >= 11 is 8.61. The van der Waals surface area contributed by atoms with Gasteiger partial charge >= 0.3 is 0 Å². The van der Waals surface area contributed by atoms with E-state index in [1.807, 2.05) is 0 Å². The molecule has 0 bridgehead atoms. The first-order valence-electron chi connectivity index (χ1n) is 1.88. The summed E-state index contributed by atoms with van der Waals surface area (Å²) in [6.45, 7) is 0. The second-order valence-electron chi connectivity index (χ2n) is 1.15. The molecule has 0 atom stereocenters. The van der Waals surface area contributed by atoms with Gasteiger partial charge < -0.3 is 0 Å². The summed E-state index contributed by atoms with van der Waals surface area (Å²) in [5.74, 6) is -4.29. The third-order valence-corrected chi connectivity index (χ3v) is 0.856. The molecule has 0 aliphatic rings. The number of halogens is 6. The van der Waals surface area contributed by atoms with Crippen LogP contribution in [0.4, 0.5) is 17.6 Å². The van der Waals surface area contributed by atoms with Crippen molar-refractivity contribution >= 4 is 23.2 Å². The second kappa shape index (κ2) is 3.83. The minimum atomic E-state index is -2.14. The second-order valence-corrected chi connectivity index (χ2v) is 1.81. The van der Waals surface area contributed by atoms with Gasteiger partial charge in [-0.05, 0) is 23.2 Å². The Kier molecular flexibility index (Phi) is 3.75. The van der Waals surface area contributed by atoms with Crippen molar-refractivity contribution in [2.45, 2.75) is 0 Å². The fraction of sp³-hybridized carbons (Fsp3) is 0. The van der Waals surface area contributed by atoms with Crippen molar-refractivity contribution < 1.29 is 17.6 Å². The van der Waals surface area contributed by atoms with E-state index < -0.39 is 22.2 Å². The van der Waals surface area contributed by atoms with Crippen molar-refractivity contribution in [3.8, 4) is 0 Å². The van der Waals surface area contributed by atoms with Crippen LogP contribution in [0.25, 0.3) is 0 Å². The minimum Gasteiger partial charge on any atom is -0.199 e. The maximum absolute atomic E-state index is 11.8. The Hall–Kier alpha value is -0.220. The molecule has 0 saturated heterocycles. The molecule has 0 nitrogen and oxygen atoms in total. The van der Waals surface area contributed by atoms with Gasteiger partial charge in [0.05, 0.1) is 0 Å². The van der Waals surface area contributed by atoms with E-state index in [1.54, 1.807) is 0 Å². The Morgan fingerprint density at radius 1 is 0.700 bits per heavy atom. The molecular weight excluding hydrogens is 195 g/mol. The molecule has 0 fully saturated rings. The monoisotopic (exact) mass is 194 g/mol. The molecule has 58 valence electrons. The van der Waals surface area contributed by atoms with Gasteiger partial charge in [0.2, 0.25) is 22.2 Å². The molecule has 0 rings (SSSR count). The van der Waals surface area contributed by atoms with Crippen LogP contribution < -0.4 is 0 Å². The van der Waals surface area contributed by atoms with Gasteiger partial charge in [0.25, 0.3) is 0 Å². The summed E-state index contributed by atoms with van der Waals surface area (Å²) in [7, 11) is 0. The van der Waals surface area contributed by atoms with Gasteiger partial charge in [-0.25, -0.2) is 0 Å². The van der Waals surface area contributed by atoms with Crippen LogP contribution in [0.15, 0.2) is 22.2 Å². The predicted molar refractivity (Wildman–Crippen MR) is 30.2 cm³/mol. The van der Waals surface area contributed by atoms with Crippen LogP contribution in [0, 0.1) is 0 Å².